The summed E-state index contributed by atoms with van der Waals surface area (Å²) in [5, 5.41) is 0.659. The van der Waals surface area contributed by atoms with Gasteiger partial charge >= 0.3 is 6.18 Å². The Balaban J connectivity index is 1.21. The summed E-state index contributed by atoms with van der Waals surface area (Å²) < 4.78 is 62.1. The number of halogens is 3. The Morgan fingerprint density at radius 3 is 2.50 bits per heavy atom. The van der Waals surface area contributed by atoms with Crippen LogP contribution in [0.1, 0.15) is 43.4 Å². The highest BCUT2D eigenvalue weighted by Crippen LogP contribution is 2.44. The maximum Gasteiger partial charge on any atom is 0.393 e. The summed E-state index contributed by atoms with van der Waals surface area (Å²) >= 11 is 1.04. The molecule has 1 atom stereocenters. The van der Waals surface area contributed by atoms with Gasteiger partial charge in [0.25, 0.3) is 0 Å². The predicted molar refractivity (Wildman–Crippen MR) is 137 cm³/mol. The summed E-state index contributed by atoms with van der Waals surface area (Å²) in [4.78, 5) is 14.1. The number of alkyl halides is 3. The van der Waals surface area contributed by atoms with Crippen LogP contribution >= 0.6 is 11.3 Å². The molecule has 12 heteroatoms. The molecule has 0 aromatic carbocycles. The molecule has 0 amide bonds. The summed E-state index contributed by atoms with van der Waals surface area (Å²) in [5.74, 6) is 1.98. The van der Waals surface area contributed by atoms with E-state index in [4.69, 9.17) is 5.73 Å². The predicted octanol–water partition coefficient (Wildman–Crippen LogP) is 4.13. The number of nitrogen functional groups attached to an aromatic ring is 1. The van der Waals surface area contributed by atoms with Gasteiger partial charge in [-0.3, -0.25) is 0 Å². The van der Waals surface area contributed by atoms with Crippen LogP contribution in [0.5, 0.6) is 0 Å². The van der Waals surface area contributed by atoms with Gasteiger partial charge in [0.1, 0.15) is 20.5 Å². The molecule has 3 fully saturated rings. The van der Waals surface area contributed by atoms with Gasteiger partial charge in [0, 0.05) is 42.7 Å². The van der Waals surface area contributed by atoms with Crippen molar-refractivity contribution in [2.75, 3.05) is 55.4 Å². The van der Waals surface area contributed by atoms with Crippen LogP contribution in [-0.2, 0) is 16.3 Å². The molecule has 1 spiro atoms. The van der Waals surface area contributed by atoms with Crippen molar-refractivity contribution in [3.05, 3.63) is 10.9 Å². The molecule has 2 N–H and O–H groups in total. The molecule has 2 aromatic rings. The van der Waals surface area contributed by atoms with Crippen LogP contribution in [0, 0.1) is 17.3 Å². The minimum atomic E-state index is -4.27. The van der Waals surface area contributed by atoms with Crippen molar-refractivity contribution in [2.24, 2.45) is 17.3 Å². The second-order valence-corrected chi connectivity index (χ2v) is 14.6. The molecule has 4 heterocycles. The Bertz CT molecular complexity index is 1210. The molecular formula is C24H34F3N5O2S2. The second-order valence-electron chi connectivity index (χ2n) is 11.3. The number of sulfone groups is 1. The molecule has 0 bridgehead atoms. The Hall–Kier alpha value is -1.66. The van der Waals surface area contributed by atoms with E-state index in [0.717, 1.165) is 82.6 Å². The minimum absolute atomic E-state index is 0.0957. The van der Waals surface area contributed by atoms with E-state index < -0.39 is 22.4 Å². The van der Waals surface area contributed by atoms with Crippen LogP contribution in [-0.4, -0.2) is 74.2 Å². The van der Waals surface area contributed by atoms with E-state index in [1.165, 1.54) is 6.26 Å². The molecule has 1 unspecified atom stereocenters. The first-order valence-corrected chi connectivity index (χ1v) is 15.5. The zero-order valence-electron chi connectivity index (χ0n) is 20.6. The third-order valence-electron chi connectivity index (χ3n) is 8.09. The van der Waals surface area contributed by atoms with Crippen molar-refractivity contribution < 1.29 is 21.6 Å². The Kier molecular flexibility index (Phi) is 6.91. The molecule has 7 nitrogen and oxygen atoms in total. The quantitative estimate of drug-likeness (QED) is 0.584. The molecule has 36 heavy (non-hydrogen) atoms. The topological polar surface area (TPSA) is 92.4 Å². The number of nitrogens with zero attached hydrogens (tertiary/aromatic N) is 4. The van der Waals surface area contributed by atoms with Crippen molar-refractivity contribution in [3.8, 4) is 0 Å². The van der Waals surface area contributed by atoms with E-state index in [2.05, 4.69) is 19.8 Å². The lowest BCUT2D eigenvalue weighted by atomic mass is 9.82. The second kappa shape index (κ2) is 9.58. The normalized spacial score (nSPS) is 28.1. The molecule has 200 valence electrons. The number of aromatic nitrogens is 2. The monoisotopic (exact) mass is 545 g/mol. The Morgan fingerprint density at radius 1 is 1.11 bits per heavy atom. The molecule has 3 aliphatic rings. The molecule has 2 saturated heterocycles. The zero-order chi connectivity index (χ0) is 25.7. The molecule has 5 rings (SSSR count). The number of hydrogen-bond donors (Lipinski definition) is 1. The maximum absolute atomic E-state index is 12.9. The lowest BCUT2D eigenvalue weighted by molar-refractivity contribution is -0.126. The van der Waals surface area contributed by atoms with Crippen molar-refractivity contribution in [1.29, 1.82) is 0 Å². The number of nitrogens with two attached hydrogens (primary N) is 1. The van der Waals surface area contributed by atoms with Crippen LogP contribution in [0.15, 0.2) is 6.07 Å². The molecule has 0 radical (unpaired) electrons. The van der Waals surface area contributed by atoms with Crippen LogP contribution < -0.4 is 10.6 Å². The molecule has 1 saturated carbocycles. The van der Waals surface area contributed by atoms with E-state index in [0.29, 0.717) is 33.6 Å². The number of rotatable bonds is 6. The smallest absolute Gasteiger partial charge is 0.368 e. The van der Waals surface area contributed by atoms with Crippen LogP contribution in [0.4, 0.5) is 24.9 Å². The summed E-state index contributed by atoms with van der Waals surface area (Å²) in [5.41, 5.74) is 6.09. The third kappa shape index (κ3) is 6.07. The van der Waals surface area contributed by atoms with E-state index in [1.807, 2.05) is 0 Å². The van der Waals surface area contributed by atoms with E-state index in [9.17, 15) is 21.6 Å². The van der Waals surface area contributed by atoms with E-state index >= 15 is 0 Å². The van der Waals surface area contributed by atoms with Crippen molar-refractivity contribution in [2.45, 2.75) is 51.1 Å². The fraction of sp³-hybridized carbons (Fsp3) is 0.750. The van der Waals surface area contributed by atoms with Gasteiger partial charge in [-0.15, -0.1) is 11.3 Å². The number of fused-ring (bicyclic) bond motifs is 1. The fourth-order valence-corrected chi connectivity index (χ4v) is 8.75. The van der Waals surface area contributed by atoms with Gasteiger partial charge < -0.3 is 15.5 Å². The summed E-state index contributed by atoms with van der Waals surface area (Å²) in [6.07, 6.45) is 2.38. The lowest BCUT2D eigenvalue weighted by Crippen LogP contribution is -2.34. The number of thiophene rings is 1. The first-order chi connectivity index (χ1) is 16.9. The van der Waals surface area contributed by atoms with Gasteiger partial charge in [0.15, 0.2) is 0 Å². The molecule has 1 aliphatic carbocycles. The minimum Gasteiger partial charge on any atom is -0.368 e. The van der Waals surface area contributed by atoms with Gasteiger partial charge in [-0.25, -0.2) is 13.4 Å². The van der Waals surface area contributed by atoms with Crippen molar-refractivity contribution in [1.82, 2.24) is 14.9 Å². The fourth-order valence-electron chi connectivity index (χ4n) is 6.50. The van der Waals surface area contributed by atoms with Gasteiger partial charge in [0.2, 0.25) is 5.95 Å². The highest BCUT2D eigenvalue weighted by molar-refractivity contribution is 7.90. The van der Waals surface area contributed by atoms with Crippen LogP contribution in [0.3, 0.4) is 0 Å². The number of anilines is 2. The highest BCUT2D eigenvalue weighted by Gasteiger charge is 2.44. The average molecular weight is 546 g/mol. The third-order valence-corrected chi connectivity index (χ3v) is 10.2. The summed E-state index contributed by atoms with van der Waals surface area (Å²) in [6.45, 7) is 4.75. The molecule has 2 aromatic heterocycles. The first kappa shape index (κ1) is 26.0. The number of hydrogen-bond acceptors (Lipinski definition) is 8. The van der Waals surface area contributed by atoms with Crippen molar-refractivity contribution in [3.63, 3.8) is 0 Å². The summed E-state index contributed by atoms with van der Waals surface area (Å²) in [6, 6.07) is 1.58. The van der Waals surface area contributed by atoms with E-state index in [-0.39, 0.29) is 16.2 Å². The first-order valence-electron chi connectivity index (χ1n) is 12.6. The van der Waals surface area contributed by atoms with Crippen molar-refractivity contribution >= 4 is 43.2 Å². The Labute approximate surface area is 214 Å². The standard InChI is InChI=1S/C24H34F3N5O2S2/c1-36(33,34)13-17-4-2-16(3-5-17)12-31-8-6-23(14-31)7-9-32(15-23)20-19-10-18(11-24(25,26)27)35-21(19)30-22(28)29-20/h10,16-17H,2-9,11-15H2,1H3,(H2,28,29,30). The van der Waals surface area contributed by atoms with E-state index in [1.54, 1.807) is 6.07 Å². The molecule has 2 aliphatic heterocycles. The number of likely N-dealkylation sites (tertiary alicyclic amines) is 1. The average Bonchev–Trinajstić information content (AvgIpc) is 3.45. The maximum atomic E-state index is 12.9. The summed E-state index contributed by atoms with van der Waals surface area (Å²) in [7, 11) is -2.91. The van der Waals surface area contributed by atoms with Gasteiger partial charge in [0.05, 0.1) is 17.6 Å². The SMILES string of the molecule is CS(=O)(=O)CC1CCC(CN2CCC3(CCN(c4nc(N)nc5sc(CC(F)(F)F)cc45)C3)C2)CC1. The lowest BCUT2D eigenvalue weighted by Gasteiger charge is -2.32. The van der Waals surface area contributed by atoms with Gasteiger partial charge in [-0.2, -0.15) is 18.2 Å². The van der Waals surface area contributed by atoms with Crippen LogP contribution in [0.2, 0.25) is 0 Å². The zero-order valence-corrected chi connectivity index (χ0v) is 22.2. The highest BCUT2D eigenvalue weighted by atomic mass is 32.2. The Morgan fingerprint density at radius 2 is 1.81 bits per heavy atom. The van der Waals surface area contributed by atoms with Gasteiger partial charge in [-0.1, -0.05) is 0 Å². The largest absolute Gasteiger partial charge is 0.393 e. The van der Waals surface area contributed by atoms with Gasteiger partial charge in [-0.05, 0) is 63.0 Å². The van der Waals surface area contributed by atoms with Crippen LogP contribution in [0.25, 0.3) is 10.2 Å². The molecular weight excluding hydrogens is 511 g/mol.